The van der Waals surface area contributed by atoms with Crippen LogP contribution in [0.25, 0.3) is 5.65 Å². The zero-order valence-corrected chi connectivity index (χ0v) is 13.0. The van der Waals surface area contributed by atoms with Crippen LogP contribution < -0.4 is 10.2 Å². The average Bonchev–Trinajstić information content (AvgIpc) is 2.90. The number of hydrogen-bond acceptors (Lipinski definition) is 3. The van der Waals surface area contributed by atoms with Crippen molar-refractivity contribution in [2.45, 2.75) is 0 Å². The van der Waals surface area contributed by atoms with Crippen LogP contribution in [0.15, 0.2) is 48.8 Å². The molecule has 0 saturated heterocycles. The average molecular weight is 315 g/mol. The van der Waals surface area contributed by atoms with Crippen LogP contribution in [0, 0.1) is 0 Å². The predicted octanol–water partition coefficient (Wildman–Crippen LogP) is 3.31. The number of imidazole rings is 1. The van der Waals surface area contributed by atoms with E-state index in [2.05, 4.69) is 10.3 Å². The molecular weight excluding hydrogens is 300 g/mol. The van der Waals surface area contributed by atoms with Crippen LogP contribution in [0.5, 0.6) is 0 Å². The number of rotatable bonds is 3. The molecule has 22 heavy (non-hydrogen) atoms. The summed E-state index contributed by atoms with van der Waals surface area (Å²) < 4.78 is 1.84. The first-order valence-corrected chi connectivity index (χ1v) is 7.14. The molecule has 5 nitrogen and oxygen atoms in total. The SMILES string of the molecule is CN(C)c1ccc2nc(C(=O)Nc3cccc(Cl)c3)cn2c1. The van der Waals surface area contributed by atoms with E-state index in [0.717, 1.165) is 11.3 Å². The summed E-state index contributed by atoms with van der Waals surface area (Å²) in [5.41, 5.74) is 2.76. The number of nitrogens with one attached hydrogen (secondary N) is 1. The molecule has 0 radical (unpaired) electrons. The lowest BCUT2D eigenvalue weighted by Gasteiger charge is -2.11. The number of anilines is 2. The zero-order chi connectivity index (χ0) is 15.7. The molecule has 1 aromatic carbocycles. The molecule has 112 valence electrons. The van der Waals surface area contributed by atoms with Gasteiger partial charge in [0.05, 0.1) is 5.69 Å². The third-order valence-corrected chi connectivity index (χ3v) is 3.50. The lowest BCUT2D eigenvalue weighted by Crippen LogP contribution is -2.12. The number of carbonyl (C=O) groups is 1. The molecule has 0 aliphatic heterocycles. The molecule has 1 N–H and O–H groups in total. The van der Waals surface area contributed by atoms with Crippen molar-refractivity contribution < 1.29 is 4.79 Å². The van der Waals surface area contributed by atoms with Crippen molar-refractivity contribution in [3.05, 3.63) is 59.5 Å². The molecule has 0 aliphatic rings. The van der Waals surface area contributed by atoms with E-state index in [1.165, 1.54) is 0 Å². The summed E-state index contributed by atoms with van der Waals surface area (Å²) in [6, 6.07) is 10.9. The van der Waals surface area contributed by atoms with Crippen molar-refractivity contribution in [1.82, 2.24) is 9.38 Å². The predicted molar refractivity (Wildman–Crippen MR) is 88.9 cm³/mol. The molecule has 2 heterocycles. The highest BCUT2D eigenvalue weighted by Crippen LogP contribution is 2.17. The van der Waals surface area contributed by atoms with E-state index in [9.17, 15) is 4.79 Å². The number of halogens is 1. The smallest absolute Gasteiger partial charge is 0.275 e. The third kappa shape index (κ3) is 2.89. The van der Waals surface area contributed by atoms with Gasteiger partial charge in [0.25, 0.3) is 5.91 Å². The van der Waals surface area contributed by atoms with E-state index in [4.69, 9.17) is 11.6 Å². The molecule has 0 unspecified atom stereocenters. The number of pyridine rings is 1. The Bertz CT molecular complexity index is 841. The number of hydrogen-bond donors (Lipinski definition) is 1. The number of benzene rings is 1. The molecule has 2 aromatic heterocycles. The van der Waals surface area contributed by atoms with Gasteiger partial charge in [-0.2, -0.15) is 0 Å². The molecular formula is C16H15ClN4O. The summed E-state index contributed by atoms with van der Waals surface area (Å²) >= 11 is 5.91. The summed E-state index contributed by atoms with van der Waals surface area (Å²) in [4.78, 5) is 18.6. The van der Waals surface area contributed by atoms with Gasteiger partial charge in [0, 0.05) is 37.2 Å². The third-order valence-electron chi connectivity index (χ3n) is 3.27. The standard InChI is InChI=1S/C16H15ClN4O/c1-20(2)13-6-7-15-19-14(10-21(15)9-13)16(22)18-12-5-3-4-11(17)8-12/h3-10H,1-2H3,(H,18,22). The fourth-order valence-electron chi connectivity index (χ4n) is 2.12. The van der Waals surface area contributed by atoms with Crippen LogP contribution in [0.4, 0.5) is 11.4 Å². The molecule has 0 spiro atoms. The van der Waals surface area contributed by atoms with E-state index >= 15 is 0 Å². The molecule has 3 aromatic rings. The summed E-state index contributed by atoms with van der Waals surface area (Å²) in [7, 11) is 3.93. The summed E-state index contributed by atoms with van der Waals surface area (Å²) in [6.45, 7) is 0. The van der Waals surface area contributed by atoms with Crippen molar-refractivity contribution in [2.24, 2.45) is 0 Å². The van der Waals surface area contributed by atoms with E-state index in [1.54, 1.807) is 30.5 Å². The van der Waals surface area contributed by atoms with Gasteiger partial charge >= 0.3 is 0 Å². The largest absolute Gasteiger partial charge is 0.376 e. The van der Waals surface area contributed by atoms with Crippen molar-refractivity contribution in [3.63, 3.8) is 0 Å². The Kier molecular flexibility index (Phi) is 3.73. The molecule has 0 aliphatic carbocycles. The zero-order valence-electron chi connectivity index (χ0n) is 12.2. The van der Waals surface area contributed by atoms with E-state index in [1.807, 2.05) is 41.7 Å². The fraction of sp³-hybridized carbons (Fsp3) is 0.125. The maximum absolute atomic E-state index is 12.3. The van der Waals surface area contributed by atoms with Crippen LogP contribution in [0.2, 0.25) is 5.02 Å². The second-order valence-corrected chi connectivity index (χ2v) is 5.57. The van der Waals surface area contributed by atoms with Crippen LogP contribution in [-0.2, 0) is 0 Å². The first-order valence-electron chi connectivity index (χ1n) is 6.76. The van der Waals surface area contributed by atoms with Crippen molar-refractivity contribution >= 4 is 34.5 Å². The Morgan fingerprint density at radius 3 is 2.77 bits per heavy atom. The summed E-state index contributed by atoms with van der Waals surface area (Å²) in [5, 5.41) is 3.36. The van der Waals surface area contributed by atoms with Gasteiger partial charge in [0.15, 0.2) is 0 Å². The maximum atomic E-state index is 12.3. The second kappa shape index (κ2) is 5.69. The highest BCUT2D eigenvalue weighted by molar-refractivity contribution is 6.30. The molecule has 0 bridgehead atoms. The quantitative estimate of drug-likeness (QED) is 0.807. The first kappa shape index (κ1) is 14.4. The van der Waals surface area contributed by atoms with Gasteiger partial charge in [-0.15, -0.1) is 0 Å². The Hall–Kier alpha value is -2.53. The van der Waals surface area contributed by atoms with E-state index in [-0.39, 0.29) is 5.91 Å². The van der Waals surface area contributed by atoms with Gasteiger partial charge in [-0.3, -0.25) is 4.79 Å². The van der Waals surface area contributed by atoms with Crippen molar-refractivity contribution in [1.29, 1.82) is 0 Å². The monoisotopic (exact) mass is 314 g/mol. The number of carbonyl (C=O) groups excluding carboxylic acids is 1. The number of aromatic nitrogens is 2. The topological polar surface area (TPSA) is 49.6 Å². The van der Waals surface area contributed by atoms with E-state index < -0.39 is 0 Å². The number of nitrogens with zero attached hydrogens (tertiary/aromatic N) is 3. The Morgan fingerprint density at radius 1 is 1.23 bits per heavy atom. The van der Waals surface area contributed by atoms with Gasteiger partial charge < -0.3 is 14.6 Å². The van der Waals surface area contributed by atoms with E-state index in [0.29, 0.717) is 16.4 Å². The molecule has 0 atom stereocenters. The normalized spacial score (nSPS) is 10.7. The molecule has 6 heteroatoms. The van der Waals surface area contributed by atoms with Crippen LogP contribution in [0.3, 0.4) is 0 Å². The first-order chi connectivity index (χ1) is 10.5. The molecule has 0 fully saturated rings. The fourth-order valence-corrected chi connectivity index (χ4v) is 2.31. The minimum absolute atomic E-state index is 0.266. The molecule has 3 rings (SSSR count). The van der Waals surface area contributed by atoms with Gasteiger partial charge in [0.2, 0.25) is 0 Å². The van der Waals surface area contributed by atoms with Crippen LogP contribution in [0.1, 0.15) is 10.5 Å². The second-order valence-electron chi connectivity index (χ2n) is 5.14. The van der Waals surface area contributed by atoms with Gasteiger partial charge in [0.1, 0.15) is 11.3 Å². The summed E-state index contributed by atoms with van der Waals surface area (Å²) in [6.07, 6.45) is 3.64. The Balaban J connectivity index is 1.88. The highest BCUT2D eigenvalue weighted by atomic mass is 35.5. The van der Waals surface area contributed by atoms with Crippen LogP contribution >= 0.6 is 11.6 Å². The minimum Gasteiger partial charge on any atom is -0.376 e. The highest BCUT2D eigenvalue weighted by Gasteiger charge is 2.11. The number of amides is 1. The van der Waals surface area contributed by atoms with Crippen molar-refractivity contribution in [3.8, 4) is 0 Å². The molecule has 1 amide bonds. The van der Waals surface area contributed by atoms with Gasteiger partial charge in [-0.05, 0) is 30.3 Å². The van der Waals surface area contributed by atoms with Gasteiger partial charge in [-0.25, -0.2) is 4.98 Å². The molecule has 0 saturated carbocycles. The van der Waals surface area contributed by atoms with Gasteiger partial charge in [-0.1, -0.05) is 17.7 Å². The minimum atomic E-state index is -0.266. The number of fused-ring (bicyclic) bond motifs is 1. The van der Waals surface area contributed by atoms with Crippen molar-refractivity contribution in [2.75, 3.05) is 24.3 Å². The maximum Gasteiger partial charge on any atom is 0.275 e. The Morgan fingerprint density at radius 2 is 2.05 bits per heavy atom. The lowest BCUT2D eigenvalue weighted by molar-refractivity contribution is 0.102. The Labute approximate surface area is 133 Å². The van der Waals surface area contributed by atoms with Crippen LogP contribution in [-0.4, -0.2) is 29.4 Å². The lowest BCUT2D eigenvalue weighted by atomic mass is 10.3. The summed E-state index contributed by atoms with van der Waals surface area (Å²) in [5.74, 6) is -0.266.